The summed E-state index contributed by atoms with van der Waals surface area (Å²) >= 11 is 3.32. The molecular formula is C7H13Br. The van der Waals surface area contributed by atoms with Crippen molar-refractivity contribution in [1.29, 1.82) is 0 Å². The molecule has 0 rings (SSSR count). The first-order valence-electron chi connectivity index (χ1n) is 2.80. The van der Waals surface area contributed by atoms with Crippen LogP contribution in [0, 0.1) is 5.41 Å². The quantitative estimate of drug-likeness (QED) is 0.426. The van der Waals surface area contributed by atoms with Crippen molar-refractivity contribution in [3.63, 3.8) is 0 Å². The van der Waals surface area contributed by atoms with Crippen LogP contribution in [0.25, 0.3) is 0 Å². The van der Waals surface area contributed by atoms with Gasteiger partial charge in [-0.05, 0) is 5.41 Å². The molecule has 8 heavy (non-hydrogen) atoms. The Labute approximate surface area is 60.1 Å². The van der Waals surface area contributed by atoms with E-state index in [9.17, 15) is 0 Å². The van der Waals surface area contributed by atoms with Crippen molar-refractivity contribution in [2.75, 3.05) is 5.33 Å². The lowest BCUT2D eigenvalue weighted by Gasteiger charge is -2.09. The van der Waals surface area contributed by atoms with Crippen LogP contribution >= 0.6 is 15.9 Å². The van der Waals surface area contributed by atoms with Gasteiger partial charge in [-0.1, -0.05) is 48.9 Å². The summed E-state index contributed by atoms with van der Waals surface area (Å²) in [5.74, 6) is 0. The summed E-state index contributed by atoms with van der Waals surface area (Å²) in [6.07, 6.45) is 4.32. The Morgan fingerprint density at radius 3 is 2.00 bits per heavy atom. The molecule has 0 aromatic carbocycles. The molecule has 0 saturated heterocycles. The Bertz CT molecular complexity index is 76.9. The SMILES string of the molecule is CC(C)(C)/C=C/CBr. The fourth-order valence-corrected chi connectivity index (χ4v) is 0.585. The van der Waals surface area contributed by atoms with Crippen LogP contribution in [0.1, 0.15) is 20.8 Å². The van der Waals surface area contributed by atoms with Gasteiger partial charge in [-0.3, -0.25) is 0 Å². The van der Waals surface area contributed by atoms with Crippen molar-refractivity contribution in [3.8, 4) is 0 Å². The molecule has 0 saturated carbocycles. The first kappa shape index (κ1) is 8.22. The molecule has 1 heteroatoms. The topological polar surface area (TPSA) is 0 Å². The zero-order valence-corrected chi connectivity index (χ0v) is 7.33. The third-order valence-corrected chi connectivity index (χ3v) is 1.08. The summed E-state index contributed by atoms with van der Waals surface area (Å²) in [4.78, 5) is 0. The zero-order valence-electron chi connectivity index (χ0n) is 5.74. The van der Waals surface area contributed by atoms with E-state index in [0.717, 1.165) is 5.33 Å². The van der Waals surface area contributed by atoms with Gasteiger partial charge in [-0.2, -0.15) is 0 Å². The fourth-order valence-electron chi connectivity index (χ4n) is 0.398. The van der Waals surface area contributed by atoms with Gasteiger partial charge in [0.2, 0.25) is 0 Å². The standard InChI is InChI=1S/C7H13Br/c1-7(2,3)5-4-6-8/h4-5H,6H2,1-3H3/b5-4+. The Morgan fingerprint density at radius 1 is 1.38 bits per heavy atom. The molecule has 0 bridgehead atoms. The van der Waals surface area contributed by atoms with Crippen LogP contribution in [0.4, 0.5) is 0 Å². The Kier molecular flexibility index (Phi) is 3.38. The molecule has 0 nitrogen and oxygen atoms in total. The van der Waals surface area contributed by atoms with Crippen molar-refractivity contribution < 1.29 is 0 Å². The van der Waals surface area contributed by atoms with Crippen LogP contribution in [0.3, 0.4) is 0 Å². The van der Waals surface area contributed by atoms with Crippen molar-refractivity contribution in [2.45, 2.75) is 20.8 Å². The number of rotatable bonds is 1. The van der Waals surface area contributed by atoms with Gasteiger partial charge >= 0.3 is 0 Å². The summed E-state index contributed by atoms with van der Waals surface area (Å²) in [7, 11) is 0. The predicted molar refractivity (Wildman–Crippen MR) is 42.4 cm³/mol. The number of hydrogen-bond acceptors (Lipinski definition) is 0. The van der Waals surface area contributed by atoms with Gasteiger partial charge in [0, 0.05) is 5.33 Å². The van der Waals surface area contributed by atoms with E-state index < -0.39 is 0 Å². The largest absolute Gasteiger partial charge is 0.0883 e. The highest BCUT2D eigenvalue weighted by atomic mass is 79.9. The molecular weight excluding hydrogens is 164 g/mol. The summed E-state index contributed by atoms with van der Waals surface area (Å²) in [5.41, 5.74) is 0.341. The van der Waals surface area contributed by atoms with E-state index in [2.05, 4.69) is 48.9 Å². The monoisotopic (exact) mass is 176 g/mol. The van der Waals surface area contributed by atoms with Gasteiger partial charge in [-0.25, -0.2) is 0 Å². The minimum atomic E-state index is 0.341. The van der Waals surface area contributed by atoms with E-state index in [-0.39, 0.29) is 0 Å². The summed E-state index contributed by atoms with van der Waals surface area (Å²) in [6.45, 7) is 6.56. The smallest absolute Gasteiger partial charge is 0.0212 e. The van der Waals surface area contributed by atoms with Crippen LogP contribution in [0.15, 0.2) is 12.2 Å². The Hall–Kier alpha value is 0.220. The van der Waals surface area contributed by atoms with Crippen LogP contribution < -0.4 is 0 Å². The Balaban J connectivity index is 3.52. The molecule has 0 radical (unpaired) electrons. The highest BCUT2D eigenvalue weighted by Crippen LogP contribution is 2.14. The van der Waals surface area contributed by atoms with E-state index >= 15 is 0 Å². The number of allylic oxidation sites excluding steroid dienone is 2. The Morgan fingerprint density at radius 2 is 1.88 bits per heavy atom. The molecule has 0 aliphatic heterocycles. The van der Waals surface area contributed by atoms with Gasteiger partial charge in [-0.15, -0.1) is 0 Å². The van der Waals surface area contributed by atoms with Crippen molar-refractivity contribution >= 4 is 15.9 Å². The summed E-state index contributed by atoms with van der Waals surface area (Å²) < 4.78 is 0. The molecule has 0 amide bonds. The highest BCUT2D eigenvalue weighted by Gasteiger charge is 2.01. The maximum atomic E-state index is 3.32. The first-order chi connectivity index (χ1) is 3.56. The molecule has 0 aromatic rings. The molecule has 0 heterocycles. The molecule has 0 fully saturated rings. The normalized spacial score (nSPS) is 13.0. The lowest BCUT2D eigenvalue weighted by molar-refractivity contribution is 0.543. The summed E-state index contributed by atoms with van der Waals surface area (Å²) in [5, 5.41) is 0.963. The van der Waals surface area contributed by atoms with Gasteiger partial charge in [0.15, 0.2) is 0 Å². The van der Waals surface area contributed by atoms with E-state index in [1.807, 2.05) is 0 Å². The minimum Gasteiger partial charge on any atom is -0.0883 e. The lowest BCUT2D eigenvalue weighted by atomic mass is 9.97. The molecule has 0 aliphatic rings. The second kappa shape index (κ2) is 3.29. The highest BCUT2D eigenvalue weighted by molar-refractivity contribution is 9.09. The van der Waals surface area contributed by atoms with E-state index in [4.69, 9.17) is 0 Å². The lowest BCUT2D eigenvalue weighted by Crippen LogP contribution is -1.97. The number of halogens is 1. The van der Waals surface area contributed by atoms with Crippen molar-refractivity contribution in [2.24, 2.45) is 5.41 Å². The second-order valence-corrected chi connectivity index (χ2v) is 3.57. The molecule has 0 aromatic heterocycles. The van der Waals surface area contributed by atoms with Gasteiger partial charge in [0.1, 0.15) is 0 Å². The number of alkyl halides is 1. The zero-order chi connectivity index (χ0) is 6.62. The van der Waals surface area contributed by atoms with E-state index in [1.54, 1.807) is 0 Å². The van der Waals surface area contributed by atoms with Gasteiger partial charge < -0.3 is 0 Å². The molecule has 0 unspecified atom stereocenters. The van der Waals surface area contributed by atoms with Gasteiger partial charge in [0.05, 0.1) is 0 Å². The third-order valence-electron chi connectivity index (χ3n) is 0.707. The first-order valence-corrected chi connectivity index (χ1v) is 3.92. The fraction of sp³-hybridized carbons (Fsp3) is 0.714. The molecule has 48 valence electrons. The maximum Gasteiger partial charge on any atom is 0.0212 e. The molecule has 0 aliphatic carbocycles. The minimum absolute atomic E-state index is 0.341. The van der Waals surface area contributed by atoms with Crippen LogP contribution in [0.5, 0.6) is 0 Å². The average Bonchev–Trinajstić information content (AvgIpc) is 1.59. The van der Waals surface area contributed by atoms with Gasteiger partial charge in [0.25, 0.3) is 0 Å². The van der Waals surface area contributed by atoms with Crippen LogP contribution in [-0.4, -0.2) is 5.33 Å². The second-order valence-electron chi connectivity index (χ2n) is 2.92. The maximum absolute atomic E-state index is 3.32. The number of hydrogen-bond donors (Lipinski definition) is 0. The molecule has 0 spiro atoms. The molecule has 0 atom stereocenters. The van der Waals surface area contributed by atoms with E-state index in [1.165, 1.54) is 0 Å². The summed E-state index contributed by atoms with van der Waals surface area (Å²) in [6, 6.07) is 0. The van der Waals surface area contributed by atoms with Crippen LogP contribution in [-0.2, 0) is 0 Å². The van der Waals surface area contributed by atoms with E-state index in [0.29, 0.717) is 5.41 Å². The third kappa shape index (κ3) is 6.22. The van der Waals surface area contributed by atoms with Crippen molar-refractivity contribution in [1.82, 2.24) is 0 Å². The average molecular weight is 177 g/mol. The van der Waals surface area contributed by atoms with Crippen molar-refractivity contribution in [3.05, 3.63) is 12.2 Å². The predicted octanol–water partition coefficient (Wildman–Crippen LogP) is 2.98. The molecule has 0 N–H and O–H groups in total. The van der Waals surface area contributed by atoms with Crippen LogP contribution in [0.2, 0.25) is 0 Å².